The molecular weight excluding hydrogens is 144 g/mol. The first-order valence-electron chi connectivity index (χ1n) is 5.79. The van der Waals surface area contributed by atoms with Gasteiger partial charge in [0.2, 0.25) is 0 Å². The van der Waals surface area contributed by atoms with E-state index in [0.29, 0.717) is 0 Å². The minimum absolute atomic E-state index is 1.03. The summed E-state index contributed by atoms with van der Waals surface area (Å²) in [6.45, 7) is 4.96. The molecule has 4 unspecified atom stereocenters. The Morgan fingerprint density at radius 2 is 1.25 bits per heavy atom. The molecule has 0 amide bonds. The van der Waals surface area contributed by atoms with Crippen LogP contribution in [0.2, 0.25) is 0 Å². The van der Waals surface area contributed by atoms with Crippen LogP contribution in [0.3, 0.4) is 0 Å². The van der Waals surface area contributed by atoms with Crippen molar-refractivity contribution in [2.75, 3.05) is 0 Å². The van der Waals surface area contributed by atoms with Crippen LogP contribution in [0.25, 0.3) is 0 Å². The van der Waals surface area contributed by atoms with Gasteiger partial charge in [0.25, 0.3) is 0 Å². The molecule has 0 aromatic rings. The Bertz CT molecular complexity index is 150. The highest BCUT2D eigenvalue weighted by Gasteiger charge is 2.36. The predicted octanol–water partition coefficient (Wildman–Crippen LogP) is 3.86. The van der Waals surface area contributed by atoms with Gasteiger partial charge in [-0.1, -0.05) is 39.5 Å². The van der Waals surface area contributed by atoms with Crippen molar-refractivity contribution in [2.45, 2.75) is 52.4 Å². The van der Waals surface area contributed by atoms with E-state index in [9.17, 15) is 0 Å². The average molecular weight is 166 g/mol. The Morgan fingerprint density at radius 1 is 0.667 bits per heavy atom. The molecule has 0 bridgehead atoms. The van der Waals surface area contributed by atoms with E-state index in [1.54, 1.807) is 0 Å². The fraction of sp³-hybridized carbons (Fsp3) is 1.00. The van der Waals surface area contributed by atoms with Gasteiger partial charge in [-0.2, -0.15) is 0 Å². The molecule has 2 aliphatic carbocycles. The summed E-state index contributed by atoms with van der Waals surface area (Å²) in [6, 6.07) is 0. The van der Waals surface area contributed by atoms with E-state index in [2.05, 4.69) is 13.8 Å². The normalized spacial score (nSPS) is 48.5. The number of hydrogen-bond donors (Lipinski definition) is 0. The monoisotopic (exact) mass is 166 g/mol. The molecule has 0 radical (unpaired) electrons. The lowest BCUT2D eigenvalue weighted by Gasteiger charge is -2.24. The van der Waals surface area contributed by atoms with Crippen LogP contribution in [-0.4, -0.2) is 0 Å². The lowest BCUT2D eigenvalue weighted by atomic mass is 9.81. The summed E-state index contributed by atoms with van der Waals surface area (Å²) in [5.41, 5.74) is 0. The van der Waals surface area contributed by atoms with Gasteiger partial charge in [0, 0.05) is 0 Å². The van der Waals surface area contributed by atoms with E-state index < -0.39 is 0 Å². The molecule has 0 saturated heterocycles. The summed E-state index contributed by atoms with van der Waals surface area (Å²) in [6.07, 6.45) is 9.10. The fourth-order valence-corrected chi connectivity index (χ4v) is 3.57. The van der Waals surface area contributed by atoms with Crippen molar-refractivity contribution in [2.24, 2.45) is 23.7 Å². The summed E-state index contributed by atoms with van der Waals surface area (Å²) < 4.78 is 0. The maximum Gasteiger partial charge on any atom is -0.0357 e. The number of fused-ring (bicyclic) bond motifs is 1. The van der Waals surface area contributed by atoms with Crippen LogP contribution in [0.15, 0.2) is 0 Å². The molecule has 0 spiro atoms. The van der Waals surface area contributed by atoms with Gasteiger partial charge in [0.1, 0.15) is 0 Å². The first-order chi connectivity index (χ1) is 5.79. The highest BCUT2D eigenvalue weighted by molar-refractivity contribution is 4.87. The first kappa shape index (κ1) is 8.59. The van der Waals surface area contributed by atoms with Gasteiger partial charge < -0.3 is 0 Å². The minimum Gasteiger partial charge on any atom is -0.0622 e. The molecular formula is C12H22. The summed E-state index contributed by atoms with van der Waals surface area (Å²) >= 11 is 0. The third-order valence-electron chi connectivity index (χ3n) is 4.41. The van der Waals surface area contributed by atoms with E-state index in [1.165, 1.54) is 38.5 Å². The maximum absolute atomic E-state index is 2.49. The van der Waals surface area contributed by atoms with Crippen molar-refractivity contribution in [3.05, 3.63) is 0 Å². The van der Waals surface area contributed by atoms with Crippen molar-refractivity contribution >= 4 is 0 Å². The highest BCUT2D eigenvalue weighted by atomic mass is 14.4. The second kappa shape index (κ2) is 3.40. The molecule has 0 nitrogen and oxygen atoms in total. The SMILES string of the molecule is CC1CCC2C(C)CCCCC12. The highest BCUT2D eigenvalue weighted by Crippen LogP contribution is 2.46. The molecule has 2 aliphatic rings. The predicted molar refractivity (Wildman–Crippen MR) is 53.0 cm³/mol. The molecule has 12 heavy (non-hydrogen) atoms. The van der Waals surface area contributed by atoms with Crippen LogP contribution in [-0.2, 0) is 0 Å². The molecule has 0 aliphatic heterocycles. The zero-order chi connectivity index (χ0) is 8.55. The molecule has 2 fully saturated rings. The first-order valence-corrected chi connectivity index (χ1v) is 5.79. The molecule has 70 valence electrons. The van der Waals surface area contributed by atoms with Crippen LogP contribution in [0.4, 0.5) is 0 Å². The van der Waals surface area contributed by atoms with Crippen LogP contribution in [0.1, 0.15) is 52.4 Å². The summed E-state index contributed by atoms with van der Waals surface area (Å²) in [5.74, 6) is 4.27. The Kier molecular flexibility index (Phi) is 2.43. The van der Waals surface area contributed by atoms with Crippen molar-refractivity contribution in [3.63, 3.8) is 0 Å². The largest absolute Gasteiger partial charge is 0.0622 e. The van der Waals surface area contributed by atoms with Crippen LogP contribution in [0.5, 0.6) is 0 Å². The van der Waals surface area contributed by atoms with Gasteiger partial charge >= 0.3 is 0 Å². The van der Waals surface area contributed by atoms with E-state index >= 15 is 0 Å². The topological polar surface area (TPSA) is 0 Å². The van der Waals surface area contributed by atoms with Crippen LogP contribution < -0.4 is 0 Å². The molecule has 0 heterocycles. The Hall–Kier alpha value is 0. The maximum atomic E-state index is 2.49. The Morgan fingerprint density at radius 3 is 2.08 bits per heavy atom. The summed E-state index contributed by atoms with van der Waals surface area (Å²) in [7, 11) is 0. The van der Waals surface area contributed by atoms with E-state index in [4.69, 9.17) is 0 Å². The molecule has 2 saturated carbocycles. The van der Waals surface area contributed by atoms with E-state index in [1.807, 2.05) is 0 Å². The van der Waals surface area contributed by atoms with Gasteiger partial charge in [0.05, 0.1) is 0 Å². The second-order valence-corrected chi connectivity index (χ2v) is 5.14. The van der Waals surface area contributed by atoms with Crippen molar-refractivity contribution < 1.29 is 0 Å². The lowest BCUT2D eigenvalue weighted by molar-refractivity contribution is 0.251. The fourth-order valence-electron chi connectivity index (χ4n) is 3.57. The smallest absolute Gasteiger partial charge is 0.0357 e. The second-order valence-electron chi connectivity index (χ2n) is 5.14. The van der Waals surface area contributed by atoms with Crippen molar-refractivity contribution in [3.8, 4) is 0 Å². The van der Waals surface area contributed by atoms with Crippen molar-refractivity contribution in [1.82, 2.24) is 0 Å². The third kappa shape index (κ3) is 1.41. The molecule has 2 rings (SSSR count). The van der Waals surface area contributed by atoms with Crippen molar-refractivity contribution in [1.29, 1.82) is 0 Å². The van der Waals surface area contributed by atoms with Gasteiger partial charge in [-0.05, 0) is 36.5 Å². The summed E-state index contributed by atoms with van der Waals surface area (Å²) in [4.78, 5) is 0. The van der Waals surface area contributed by atoms with Gasteiger partial charge in [0.15, 0.2) is 0 Å². The van der Waals surface area contributed by atoms with Crippen LogP contribution >= 0.6 is 0 Å². The molecule has 0 heteroatoms. The quantitative estimate of drug-likeness (QED) is 0.512. The molecule has 4 atom stereocenters. The summed E-state index contributed by atoms with van der Waals surface area (Å²) in [5, 5.41) is 0. The third-order valence-corrected chi connectivity index (χ3v) is 4.41. The van der Waals surface area contributed by atoms with Gasteiger partial charge in [-0.15, -0.1) is 0 Å². The number of hydrogen-bond acceptors (Lipinski definition) is 0. The Balaban J connectivity index is 2.07. The zero-order valence-electron chi connectivity index (χ0n) is 8.55. The van der Waals surface area contributed by atoms with E-state index in [0.717, 1.165) is 23.7 Å². The molecule has 0 N–H and O–H groups in total. The van der Waals surface area contributed by atoms with E-state index in [-0.39, 0.29) is 0 Å². The molecule has 0 aromatic carbocycles. The molecule has 0 aromatic heterocycles. The standard InChI is InChI=1S/C12H22/c1-9-5-3-4-6-11-10(2)7-8-12(9)11/h9-12H,3-8H2,1-2H3. The average Bonchev–Trinajstić information content (AvgIpc) is 2.30. The Labute approximate surface area is 76.7 Å². The number of rotatable bonds is 0. The van der Waals surface area contributed by atoms with Crippen LogP contribution in [0, 0.1) is 23.7 Å². The van der Waals surface area contributed by atoms with Gasteiger partial charge in [-0.25, -0.2) is 0 Å². The lowest BCUT2D eigenvalue weighted by Crippen LogP contribution is -2.17. The van der Waals surface area contributed by atoms with Gasteiger partial charge in [-0.3, -0.25) is 0 Å². The minimum atomic E-state index is 1.03. The zero-order valence-corrected chi connectivity index (χ0v) is 8.55.